The van der Waals surface area contributed by atoms with E-state index in [1.165, 1.54) is 11.1 Å². The normalized spacial score (nSPS) is 16.4. The molecule has 1 aromatic heterocycles. The molecule has 1 aliphatic rings. The molecule has 1 saturated heterocycles. The molecule has 1 fully saturated rings. The van der Waals surface area contributed by atoms with Crippen LogP contribution in [0.25, 0.3) is 10.2 Å². The van der Waals surface area contributed by atoms with Gasteiger partial charge in [-0.1, -0.05) is 48.6 Å². The van der Waals surface area contributed by atoms with E-state index in [0.717, 1.165) is 52.3 Å². The van der Waals surface area contributed by atoms with E-state index in [0.29, 0.717) is 13.0 Å². The van der Waals surface area contributed by atoms with E-state index in [9.17, 15) is 4.79 Å². The van der Waals surface area contributed by atoms with Gasteiger partial charge in [-0.15, -0.1) is 0 Å². The number of aromatic nitrogens is 1. The summed E-state index contributed by atoms with van der Waals surface area (Å²) in [5, 5.41) is 0.777. The first-order valence-electron chi connectivity index (χ1n) is 10.4. The molecule has 1 amide bonds. The fourth-order valence-corrected chi connectivity index (χ4v) is 5.08. The predicted molar refractivity (Wildman–Crippen MR) is 120 cm³/mol. The summed E-state index contributed by atoms with van der Waals surface area (Å²) in [6.45, 7) is 7.68. The van der Waals surface area contributed by atoms with E-state index in [2.05, 4.69) is 57.2 Å². The number of carbonyl (C=O) groups is 1. The van der Waals surface area contributed by atoms with Gasteiger partial charge in [0.25, 0.3) is 0 Å². The lowest BCUT2D eigenvalue weighted by Gasteiger charge is -2.23. The Morgan fingerprint density at radius 2 is 1.97 bits per heavy atom. The molecule has 0 bridgehead atoms. The van der Waals surface area contributed by atoms with Gasteiger partial charge in [-0.05, 0) is 61.4 Å². The molecule has 3 aromatic rings. The molecule has 0 radical (unpaired) electrons. The molecule has 4 rings (SSSR count). The third-order valence-electron chi connectivity index (χ3n) is 5.55. The number of nitrogens with zero attached hydrogens (tertiary/aromatic N) is 2. The Kier molecular flexibility index (Phi) is 5.97. The quantitative estimate of drug-likeness (QED) is 0.561. The van der Waals surface area contributed by atoms with Gasteiger partial charge in [0.05, 0.1) is 29.3 Å². The number of carbonyl (C=O) groups excluding carboxylic acids is 1. The Morgan fingerprint density at radius 1 is 1.21 bits per heavy atom. The molecule has 5 heteroatoms. The molecule has 4 nitrogen and oxygen atoms in total. The highest BCUT2D eigenvalue weighted by atomic mass is 32.1. The van der Waals surface area contributed by atoms with Gasteiger partial charge >= 0.3 is 0 Å². The summed E-state index contributed by atoms with van der Waals surface area (Å²) in [6, 6.07) is 12.6. The van der Waals surface area contributed by atoms with Crippen LogP contribution in [0, 0.1) is 13.8 Å². The van der Waals surface area contributed by atoms with Crippen LogP contribution >= 0.6 is 11.3 Å². The van der Waals surface area contributed by atoms with Crippen molar-refractivity contribution in [2.75, 3.05) is 18.1 Å². The highest BCUT2D eigenvalue weighted by Gasteiger charge is 2.26. The van der Waals surface area contributed by atoms with Gasteiger partial charge in [-0.25, -0.2) is 4.98 Å². The van der Waals surface area contributed by atoms with Gasteiger partial charge in [-0.2, -0.15) is 0 Å². The van der Waals surface area contributed by atoms with E-state index in [-0.39, 0.29) is 12.0 Å². The predicted octanol–water partition coefficient (Wildman–Crippen LogP) is 5.23. The Morgan fingerprint density at radius 3 is 2.66 bits per heavy atom. The van der Waals surface area contributed by atoms with Crippen molar-refractivity contribution < 1.29 is 9.53 Å². The molecule has 2 aromatic carbocycles. The maximum atomic E-state index is 13.3. The first-order valence-corrected chi connectivity index (χ1v) is 11.2. The number of anilines is 1. The zero-order chi connectivity index (χ0) is 20.4. The third-order valence-corrected chi connectivity index (χ3v) is 6.57. The lowest BCUT2D eigenvalue weighted by Crippen LogP contribution is -2.38. The Hall–Kier alpha value is -2.24. The van der Waals surface area contributed by atoms with Gasteiger partial charge in [0.15, 0.2) is 5.13 Å². The van der Waals surface area contributed by atoms with Gasteiger partial charge < -0.3 is 4.74 Å². The zero-order valence-electron chi connectivity index (χ0n) is 17.4. The van der Waals surface area contributed by atoms with Crippen LogP contribution in [0.1, 0.15) is 42.0 Å². The Labute approximate surface area is 176 Å². The minimum atomic E-state index is 0.0816. The molecule has 0 N–H and O–H groups in total. The second kappa shape index (κ2) is 8.64. The topological polar surface area (TPSA) is 42.4 Å². The summed E-state index contributed by atoms with van der Waals surface area (Å²) >= 11 is 1.60. The molecule has 152 valence electrons. The average Bonchev–Trinajstić information content (AvgIpc) is 3.36. The summed E-state index contributed by atoms with van der Waals surface area (Å²) in [4.78, 5) is 20.0. The third kappa shape index (κ3) is 4.51. The van der Waals surface area contributed by atoms with Crippen molar-refractivity contribution in [1.29, 1.82) is 0 Å². The van der Waals surface area contributed by atoms with Crippen LogP contribution in [0.15, 0.2) is 36.4 Å². The van der Waals surface area contributed by atoms with Crippen LogP contribution in [0.5, 0.6) is 0 Å². The fourth-order valence-electron chi connectivity index (χ4n) is 3.92. The van der Waals surface area contributed by atoms with Gasteiger partial charge in [0.2, 0.25) is 5.91 Å². The van der Waals surface area contributed by atoms with E-state index >= 15 is 0 Å². The first-order chi connectivity index (χ1) is 14.0. The fraction of sp³-hybridized carbons (Fsp3) is 0.417. The number of hydrogen-bond acceptors (Lipinski definition) is 4. The molecular weight excluding hydrogens is 380 g/mol. The summed E-state index contributed by atoms with van der Waals surface area (Å²) in [5.41, 5.74) is 5.69. The molecule has 0 aliphatic carbocycles. The van der Waals surface area contributed by atoms with Gasteiger partial charge in [0, 0.05) is 6.61 Å². The number of fused-ring (bicyclic) bond motifs is 1. The number of aryl methyl sites for hydroxylation is 3. The van der Waals surface area contributed by atoms with Crippen molar-refractivity contribution in [2.45, 2.75) is 52.6 Å². The van der Waals surface area contributed by atoms with Crippen LogP contribution in [-0.4, -0.2) is 30.1 Å². The molecule has 29 heavy (non-hydrogen) atoms. The van der Waals surface area contributed by atoms with Crippen LogP contribution in [0.2, 0.25) is 0 Å². The van der Waals surface area contributed by atoms with Crippen molar-refractivity contribution in [1.82, 2.24) is 4.98 Å². The van der Waals surface area contributed by atoms with E-state index < -0.39 is 0 Å². The number of thiazole rings is 1. The number of hydrogen-bond donors (Lipinski definition) is 0. The lowest BCUT2D eigenvalue weighted by molar-refractivity contribution is -0.118. The van der Waals surface area contributed by atoms with E-state index in [4.69, 9.17) is 9.72 Å². The van der Waals surface area contributed by atoms with Crippen molar-refractivity contribution in [3.05, 3.63) is 58.7 Å². The molecule has 2 heterocycles. The summed E-state index contributed by atoms with van der Waals surface area (Å²) in [7, 11) is 0. The Bertz CT molecular complexity index is 1000. The maximum absolute atomic E-state index is 13.3. The van der Waals surface area contributed by atoms with Gasteiger partial charge in [-0.3, -0.25) is 9.69 Å². The number of amides is 1. The average molecular weight is 409 g/mol. The number of benzene rings is 2. The van der Waals surface area contributed by atoms with Crippen LogP contribution < -0.4 is 4.90 Å². The SMILES string of the molecule is CCc1ccc(CC(=O)N(CC2CCCO2)c2nc3c(C)cc(C)cc3s2)cc1. The minimum Gasteiger partial charge on any atom is -0.376 e. The second-order valence-electron chi connectivity index (χ2n) is 7.91. The highest BCUT2D eigenvalue weighted by molar-refractivity contribution is 7.22. The first kappa shape index (κ1) is 20.0. The number of ether oxygens (including phenoxy) is 1. The summed E-state index contributed by atoms with van der Waals surface area (Å²) < 4.78 is 6.97. The summed E-state index contributed by atoms with van der Waals surface area (Å²) in [6.07, 6.45) is 3.53. The standard InChI is InChI=1S/C24H28N2O2S/c1-4-18-7-9-19(10-8-18)14-22(27)26(15-20-6-5-11-28-20)24-25-23-17(3)12-16(2)13-21(23)29-24/h7-10,12-13,20H,4-6,11,14-15H2,1-3H3. The second-order valence-corrected chi connectivity index (χ2v) is 8.92. The van der Waals surface area contributed by atoms with E-state index in [1.54, 1.807) is 11.3 Å². The molecule has 1 atom stereocenters. The molecule has 1 unspecified atom stereocenters. The molecule has 0 spiro atoms. The van der Waals surface area contributed by atoms with Crippen molar-refractivity contribution in [3.8, 4) is 0 Å². The van der Waals surface area contributed by atoms with Crippen LogP contribution in [-0.2, 0) is 22.4 Å². The molecule has 1 aliphatic heterocycles. The van der Waals surface area contributed by atoms with Crippen molar-refractivity contribution >= 4 is 32.6 Å². The molecular formula is C24H28N2O2S. The van der Waals surface area contributed by atoms with Crippen molar-refractivity contribution in [3.63, 3.8) is 0 Å². The maximum Gasteiger partial charge on any atom is 0.233 e. The number of rotatable bonds is 6. The van der Waals surface area contributed by atoms with E-state index in [1.807, 2.05) is 4.90 Å². The summed E-state index contributed by atoms with van der Waals surface area (Å²) in [5.74, 6) is 0.0816. The zero-order valence-corrected chi connectivity index (χ0v) is 18.2. The largest absolute Gasteiger partial charge is 0.376 e. The van der Waals surface area contributed by atoms with Crippen molar-refractivity contribution in [2.24, 2.45) is 0 Å². The van der Waals surface area contributed by atoms with Crippen LogP contribution in [0.3, 0.4) is 0 Å². The highest BCUT2D eigenvalue weighted by Crippen LogP contribution is 2.32. The smallest absolute Gasteiger partial charge is 0.233 e. The lowest BCUT2D eigenvalue weighted by atomic mass is 10.1. The monoisotopic (exact) mass is 408 g/mol. The van der Waals surface area contributed by atoms with Crippen LogP contribution in [0.4, 0.5) is 5.13 Å². The van der Waals surface area contributed by atoms with Gasteiger partial charge in [0.1, 0.15) is 0 Å². The minimum absolute atomic E-state index is 0.0816. The molecule has 0 saturated carbocycles. The Balaban J connectivity index is 1.63.